The number of ether oxygens (including phenoxy) is 1. The molecule has 0 aliphatic heterocycles. The molecular formula is C9H8ClO2. The van der Waals surface area contributed by atoms with Crippen molar-refractivity contribution in [1.82, 2.24) is 0 Å². The molecule has 0 saturated carbocycles. The summed E-state index contributed by atoms with van der Waals surface area (Å²) in [7, 11) is 0. The Morgan fingerprint density at radius 1 is 1.42 bits per heavy atom. The van der Waals surface area contributed by atoms with E-state index in [1.807, 2.05) is 0 Å². The Kier molecular flexibility index (Phi) is 3.11. The minimum Gasteiger partial charge on any atom is -0.426 e. The molecule has 0 spiro atoms. The summed E-state index contributed by atoms with van der Waals surface area (Å²) in [5, 5.41) is 0. The fraction of sp³-hybridized carbons (Fsp3) is 0.111. The number of benzene rings is 1. The number of halogens is 1. The maximum absolute atomic E-state index is 10.7. The van der Waals surface area contributed by atoms with Crippen LogP contribution in [-0.4, -0.2) is 11.8 Å². The average molecular weight is 184 g/mol. The molecule has 12 heavy (non-hydrogen) atoms. The van der Waals surface area contributed by atoms with Gasteiger partial charge in [-0.25, -0.2) is 0 Å². The van der Waals surface area contributed by atoms with Crippen LogP contribution in [0.15, 0.2) is 24.3 Å². The molecule has 0 unspecified atom stereocenters. The van der Waals surface area contributed by atoms with Crippen LogP contribution in [0.25, 0.3) is 0 Å². The molecule has 0 N–H and O–H groups in total. The number of hydrogen-bond donors (Lipinski definition) is 0. The number of alkyl halides is 1. The van der Waals surface area contributed by atoms with Gasteiger partial charge < -0.3 is 4.74 Å². The lowest BCUT2D eigenvalue weighted by molar-refractivity contribution is -0.131. The van der Waals surface area contributed by atoms with Crippen molar-refractivity contribution < 1.29 is 9.53 Å². The molecule has 3 heteroatoms. The van der Waals surface area contributed by atoms with Crippen molar-refractivity contribution in [2.45, 2.75) is 0 Å². The molecule has 0 aliphatic rings. The molecule has 0 heterocycles. The van der Waals surface area contributed by atoms with Gasteiger partial charge in [0.1, 0.15) is 11.6 Å². The van der Waals surface area contributed by atoms with Crippen LogP contribution in [0.1, 0.15) is 5.56 Å². The highest BCUT2D eigenvalue weighted by molar-refractivity contribution is 6.26. The maximum Gasteiger partial charge on any atom is 0.326 e. The highest BCUT2D eigenvalue weighted by atomic mass is 35.5. The lowest BCUT2D eigenvalue weighted by Crippen LogP contribution is -2.08. The van der Waals surface area contributed by atoms with E-state index in [9.17, 15) is 4.79 Å². The summed E-state index contributed by atoms with van der Waals surface area (Å²) in [6.07, 6.45) is 0. The lowest BCUT2D eigenvalue weighted by atomic mass is 10.2. The molecule has 0 fully saturated rings. The SMILES string of the molecule is [CH2]c1ccc(OC(=O)CCl)cc1. The van der Waals surface area contributed by atoms with E-state index in [0.717, 1.165) is 5.56 Å². The second-order valence-electron chi connectivity index (χ2n) is 2.25. The maximum atomic E-state index is 10.7. The van der Waals surface area contributed by atoms with Crippen LogP contribution < -0.4 is 4.74 Å². The molecule has 0 atom stereocenters. The van der Waals surface area contributed by atoms with Gasteiger partial charge in [-0.3, -0.25) is 4.79 Å². The van der Waals surface area contributed by atoms with Crippen LogP contribution in [0.3, 0.4) is 0 Å². The van der Waals surface area contributed by atoms with Crippen LogP contribution in [0.4, 0.5) is 0 Å². The zero-order chi connectivity index (χ0) is 8.97. The third kappa shape index (κ3) is 2.55. The average Bonchev–Trinajstić information content (AvgIpc) is 2.09. The fourth-order valence-electron chi connectivity index (χ4n) is 0.716. The first-order valence-electron chi connectivity index (χ1n) is 3.41. The number of hydrogen-bond acceptors (Lipinski definition) is 2. The van der Waals surface area contributed by atoms with Crippen molar-refractivity contribution in [1.29, 1.82) is 0 Å². The quantitative estimate of drug-likeness (QED) is 0.398. The van der Waals surface area contributed by atoms with E-state index in [1.165, 1.54) is 0 Å². The fourth-order valence-corrected chi connectivity index (χ4v) is 0.771. The van der Waals surface area contributed by atoms with Gasteiger partial charge in [-0.15, -0.1) is 11.6 Å². The van der Waals surface area contributed by atoms with Crippen LogP contribution in [0.2, 0.25) is 0 Å². The standard InChI is InChI=1S/C9H8ClO2/c1-7-2-4-8(5-3-7)12-9(11)6-10/h2-5H,1,6H2. The van der Waals surface area contributed by atoms with E-state index < -0.39 is 5.97 Å². The molecule has 0 aromatic heterocycles. The Labute approximate surface area is 76.1 Å². The van der Waals surface area contributed by atoms with Crippen molar-refractivity contribution in [3.05, 3.63) is 36.8 Å². The summed E-state index contributed by atoms with van der Waals surface area (Å²) >= 11 is 5.25. The third-order valence-corrected chi connectivity index (χ3v) is 1.48. The summed E-state index contributed by atoms with van der Waals surface area (Å²) in [5.74, 6) is -0.0897. The van der Waals surface area contributed by atoms with Crippen molar-refractivity contribution >= 4 is 17.6 Å². The van der Waals surface area contributed by atoms with Crippen molar-refractivity contribution in [3.8, 4) is 5.75 Å². The molecule has 0 bridgehead atoms. The Morgan fingerprint density at radius 2 is 2.00 bits per heavy atom. The van der Waals surface area contributed by atoms with Crippen LogP contribution in [-0.2, 0) is 4.79 Å². The minimum absolute atomic E-state index is 0.133. The molecule has 1 aromatic carbocycles. The molecule has 2 nitrogen and oxygen atoms in total. The molecule has 1 aromatic rings. The number of carbonyl (C=O) groups is 1. The summed E-state index contributed by atoms with van der Waals surface area (Å²) in [5.41, 5.74) is 0.876. The van der Waals surface area contributed by atoms with Crippen LogP contribution in [0, 0.1) is 6.92 Å². The molecule has 63 valence electrons. The molecule has 1 radical (unpaired) electrons. The Hall–Kier alpha value is -1.02. The smallest absolute Gasteiger partial charge is 0.326 e. The van der Waals surface area contributed by atoms with Crippen molar-refractivity contribution in [2.24, 2.45) is 0 Å². The van der Waals surface area contributed by atoms with Gasteiger partial charge in [0.2, 0.25) is 0 Å². The van der Waals surface area contributed by atoms with Gasteiger partial charge >= 0.3 is 5.97 Å². The van der Waals surface area contributed by atoms with E-state index in [0.29, 0.717) is 5.75 Å². The first-order valence-corrected chi connectivity index (χ1v) is 3.94. The Balaban J connectivity index is 2.64. The third-order valence-electron chi connectivity index (χ3n) is 1.26. The van der Waals surface area contributed by atoms with E-state index in [2.05, 4.69) is 6.92 Å². The van der Waals surface area contributed by atoms with Gasteiger partial charge in [0.15, 0.2) is 0 Å². The first-order chi connectivity index (χ1) is 5.72. The van der Waals surface area contributed by atoms with E-state index in [-0.39, 0.29) is 5.88 Å². The van der Waals surface area contributed by atoms with Crippen LogP contribution >= 0.6 is 11.6 Å². The van der Waals surface area contributed by atoms with Gasteiger partial charge in [0.05, 0.1) is 0 Å². The predicted octanol–water partition coefficient (Wildman–Crippen LogP) is 2.01. The summed E-state index contributed by atoms with van der Waals surface area (Å²) in [6, 6.07) is 6.87. The monoisotopic (exact) mass is 183 g/mol. The molecule has 1 rings (SSSR count). The van der Waals surface area contributed by atoms with E-state index in [4.69, 9.17) is 16.3 Å². The Bertz CT molecular complexity index is 266. The zero-order valence-corrected chi connectivity index (χ0v) is 7.17. The van der Waals surface area contributed by atoms with Gasteiger partial charge in [-0.2, -0.15) is 0 Å². The van der Waals surface area contributed by atoms with Gasteiger partial charge in [0.25, 0.3) is 0 Å². The van der Waals surface area contributed by atoms with Crippen molar-refractivity contribution in [2.75, 3.05) is 5.88 Å². The second kappa shape index (κ2) is 4.12. The summed E-state index contributed by atoms with van der Waals surface area (Å²) in [6.45, 7) is 3.69. The topological polar surface area (TPSA) is 26.3 Å². The first kappa shape index (κ1) is 9.07. The van der Waals surface area contributed by atoms with Crippen molar-refractivity contribution in [3.63, 3.8) is 0 Å². The summed E-state index contributed by atoms with van der Waals surface area (Å²) < 4.78 is 4.82. The highest BCUT2D eigenvalue weighted by Gasteiger charge is 2.00. The normalized spacial score (nSPS) is 9.50. The second-order valence-corrected chi connectivity index (χ2v) is 2.52. The molecule has 0 saturated heterocycles. The predicted molar refractivity (Wildman–Crippen MR) is 47.3 cm³/mol. The molecule has 0 amide bonds. The van der Waals surface area contributed by atoms with E-state index in [1.54, 1.807) is 24.3 Å². The van der Waals surface area contributed by atoms with Gasteiger partial charge in [0, 0.05) is 0 Å². The zero-order valence-electron chi connectivity index (χ0n) is 6.42. The summed E-state index contributed by atoms with van der Waals surface area (Å²) in [4.78, 5) is 10.7. The number of rotatable bonds is 2. The van der Waals surface area contributed by atoms with Gasteiger partial charge in [-0.1, -0.05) is 12.1 Å². The minimum atomic E-state index is -0.450. The molecular weight excluding hydrogens is 176 g/mol. The largest absolute Gasteiger partial charge is 0.426 e. The lowest BCUT2D eigenvalue weighted by Gasteiger charge is -2.00. The number of carbonyl (C=O) groups excluding carboxylic acids is 1. The van der Waals surface area contributed by atoms with Gasteiger partial charge in [-0.05, 0) is 24.6 Å². The highest BCUT2D eigenvalue weighted by Crippen LogP contribution is 2.11. The van der Waals surface area contributed by atoms with Crippen LogP contribution in [0.5, 0.6) is 5.75 Å². The number of esters is 1. The molecule has 0 aliphatic carbocycles. The Morgan fingerprint density at radius 3 is 2.50 bits per heavy atom. The van der Waals surface area contributed by atoms with E-state index >= 15 is 0 Å².